The number of thiophene rings is 1. The minimum atomic E-state index is -0.541. The Bertz CT molecular complexity index is 1100. The number of carbonyl (C=O) groups excluding carboxylic acids is 2. The summed E-state index contributed by atoms with van der Waals surface area (Å²) < 4.78 is 26.5. The normalized spacial score (nSPS) is 10.8. The number of halogens is 3. The van der Waals surface area contributed by atoms with Crippen LogP contribution in [0.5, 0.6) is 5.75 Å². The zero-order valence-corrected chi connectivity index (χ0v) is 19.3. The maximum Gasteiger partial charge on any atom is 0.341 e. The summed E-state index contributed by atoms with van der Waals surface area (Å²) in [6, 6.07) is 7.88. The van der Waals surface area contributed by atoms with E-state index >= 15 is 0 Å². The number of ether oxygens (including phenoxy) is 2. The molecule has 0 bridgehead atoms. The lowest BCUT2D eigenvalue weighted by Crippen LogP contribution is -2.12. The number of rotatable bonds is 7. The van der Waals surface area contributed by atoms with E-state index in [1.165, 1.54) is 23.5 Å². The summed E-state index contributed by atoms with van der Waals surface area (Å²) in [5.41, 5.74) is 0.490. The highest BCUT2D eigenvalue weighted by Crippen LogP contribution is 2.45. The van der Waals surface area contributed by atoms with Gasteiger partial charge in [0.1, 0.15) is 23.0 Å². The smallest absolute Gasteiger partial charge is 0.341 e. The molecular weight excluding hydrogens is 497 g/mol. The van der Waals surface area contributed by atoms with E-state index in [0.29, 0.717) is 25.3 Å². The minimum Gasteiger partial charge on any atom is -0.486 e. The quantitative estimate of drug-likeness (QED) is 0.363. The average molecular weight is 515 g/mol. The third-order valence-electron chi connectivity index (χ3n) is 4.24. The zero-order valence-electron chi connectivity index (χ0n) is 16.2. The first-order chi connectivity index (χ1) is 14.4. The lowest BCUT2D eigenvalue weighted by molar-refractivity contribution is -0.115. The molecule has 0 spiro atoms. The second-order valence-corrected chi connectivity index (χ2v) is 8.45. The van der Waals surface area contributed by atoms with Gasteiger partial charge in [-0.1, -0.05) is 30.7 Å². The molecule has 0 radical (unpaired) electrons. The van der Waals surface area contributed by atoms with Crippen LogP contribution in [0, 0.1) is 5.82 Å². The van der Waals surface area contributed by atoms with Gasteiger partial charge in [-0.2, -0.15) is 0 Å². The standard InChI is InChI=1S/C21H18BrClFNO4S/c1-3-16(26)25-20-17(21(27)28-4-2)11-8-9-13(22)18(19(11)30-20)29-10-12-14(23)6-5-7-15(12)24/h5-9H,3-4,10H2,1-2H3,(H,25,26). The Hall–Kier alpha value is -2.16. The number of anilines is 1. The zero-order chi connectivity index (χ0) is 21.8. The lowest BCUT2D eigenvalue weighted by atomic mass is 10.1. The average Bonchev–Trinajstić information content (AvgIpc) is 3.07. The Balaban J connectivity index is 2.08. The molecule has 0 aliphatic carbocycles. The van der Waals surface area contributed by atoms with Crippen molar-refractivity contribution in [3.8, 4) is 5.75 Å². The molecule has 1 heterocycles. The van der Waals surface area contributed by atoms with Crippen LogP contribution < -0.4 is 10.1 Å². The van der Waals surface area contributed by atoms with Gasteiger partial charge < -0.3 is 14.8 Å². The number of esters is 1. The summed E-state index contributed by atoms with van der Waals surface area (Å²) in [4.78, 5) is 24.6. The summed E-state index contributed by atoms with van der Waals surface area (Å²) in [5.74, 6) is -0.827. The van der Waals surface area contributed by atoms with Crippen molar-refractivity contribution in [2.24, 2.45) is 0 Å². The predicted octanol–water partition coefficient (Wildman–Crippen LogP) is 6.56. The Labute approximate surface area is 190 Å². The van der Waals surface area contributed by atoms with E-state index in [1.54, 1.807) is 32.0 Å². The van der Waals surface area contributed by atoms with Crippen molar-refractivity contribution < 1.29 is 23.5 Å². The number of benzene rings is 2. The molecule has 0 aliphatic heterocycles. The van der Waals surface area contributed by atoms with Crippen LogP contribution >= 0.6 is 38.9 Å². The fraction of sp³-hybridized carbons (Fsp3) is 0.238. The van der Waals surface area contributed by atoms with Gasteiger partial charge in [-0.05, 0) is 41.1 Å². The van der Waals surface area contributed by atoms with Gasteiger partial charge in [0.25, 0.3) is 0 Å². The molecule has 30 heavy (non-hydrogen) atoms. The molecule has 1 aromatic heterocycles. The number of nitrogens with one attached hydrogen (secondary N) is 1. The molecule has 9 heteroatoms. The van der Waals surface area contributed by atoms with Gasteiger partial charge in [0.05, 0.1) is 20.8 Å². The highest BCUT2D eigenvalue weighted by molar-refractivity contribution is 9.10. The van der Waals surface area contributed by atoms with Gasteiger partial charge in [-0.25, -0.2) is 9.18 Å². The fourth-order valence-electron chi connectivity index (χ4n) is 2.77. The SMILES string of the molecule is CCOC(=O)c1c(NC(=O)CC)sc2c(OCc3c(F)cccc3Cl)c(Br)ccc12. The molecule has 0 saturated heterocycles. The Kier molecular flexibility index (Phi) is 7.33. The van der Waals surface area contributed by atoms with E-state index in [4.69, 9.17) is 21.1 Å². The maximum atomic E-state index is 14.1. The van der Waals surface area contributed by atoms with Gasteiger partial charge in [0.2, 0.25) is 5.91 Å². The molecule has 3 rings (SSSR count). The van der Waals surface area contributed by atoms with Gasteiger partial charge in [-0.15, -0.1) is 11.3 Å². The Morgan fingerprint density at radius 3 is 2.67 bits per heavy atom. The van der Waals surface area contributed by atoms with Crippen LogP contribution in [0.2, 0.25) is 5.02 Å². The third kappa shape index (κ3) is 4.61. The fourth-order valence-corrected chi connectivity index (χ4v) is 4.77. The highest BCUT2D eigenvalue weighted by Gasteiger charge is 2.24. The molecule has 0 atom stereocenters. The molecule has 158 valence electrons. The van der Waals surface area contributed by atoms with Crippen molar-refractivity contribution in [3.63, 3.8) is 0 Å². The molecule has 0 aliphatic rings. The molecular formula is C21H18BrClFNO4S. The monoisotopic (exact) mass is 513 g/mol. The van der Waals surface area contributed by atoms with Crippen LogP contribution in [0.1, 0.15) is 36.2 Å². The molecule has 3 aromatic rings. The van der Waals surface area contributed by atoms with E-state index in [2.05, 4.69) is 21.2 Å². The molecule has 1 amide bonds. The first-order valence-electron chi connectivity index (χ1n) is 9.15. The molecule has 0 unspecified atom stereocenters. The minimum absolute atomic E-state index is 0.105. The summed E-state index contributed by atoms with van der Waals surface area (Å²) in [6.07, 6.45) is 0.259. The van der Waals surface area contributed by atoms with Crippen LogP contribution in [-0.2, 0) is 16.1 Å². The van der Waals surface area contributed by atoms with Crippen molar-refractivity contribution in [1.82, 2.24) is 0 Å². The lowest BCUT2D eigenvalue weighted by Gasteiger charge is -2.11. The van der Waals surface area contributed by atoms with E-state index in [0.717, 1.165) is 0 Å². The summed E-state index contributed by atoms with van der Waals surface area (Å²) >= 11 is 10.7. The molecule has 1 N–H and O–H groups in total. The van der Waals surface area contributed by atoms with Crippen molar-refractivity contribution in [1.29, 1.82) is 0 Å². The number of hydrogen-bond acceptors (Lipinski definition) is 5. The number of fused-ring (bicyclic) bond motifs is 1. The van der Waals surface area contributed by atoms with Crippen LogP contribution in [0.4, 0.5) is 9.39 Å². The van der Waals surface area contributed by atoms with Gasteiger partial charge in [0.15, 0.2) is 5.75 Å². The Morgan fingerprint density at radius 2 is 2.00 bits per heavy atom. The third-order valence-corrected chi connectivity index (χ3v) is 6.34. The van der Waals surface area contributed by atoms with Crippen molar-refractivity contribution in [3.05, 3.63) is 56.8 Å². The second kappa shape index (κ2) is 9.76. The largest absolute Gasteiger partial charge is 0.486 e. The first kappa shape index (κ1) is 22.5. The number of amides is 1. The van der Waals surface area contributed by atoms with Crippen molar-refractivity contribution >= 4 is 65.8 Å². The number of hydrogen-bond donors (Lipinski definition) is 1. The molecule has 0 fully saturated rings. The Morgan fingerprint density at radius 1 is 1.23 bits per heavy atom. The van der Waals surface area contributed by atoms with E-state index in [9.17, 15) is 14.0 Å². The topological polar surface area (TPSA) is 64.6 Å². The first-order valence-corrected chi connectivity index (χ1v) is 11.1. The summed E-state index contributed by atoms with van der Waals surface area (Å²) in [5, 5.41) is 3.96. The molecule has 0 saturated carbocycles. The van der Waals surface area contributed by atoms with Gasteiger partial charge >= 0.3 is 5.97 Å². The van der Waals surface area contributed by atoms with E-state index in [1.807, 2.05) is 0 Å². The van der Waals surface area contributed by atoms with Gasteiger partial charge in [-0.3, -0.25) is 4.79 Å². The van der Waals surface area contributed by atoms with E-state index < -0.39 is 11.8 Å². The molecule has 2 aromatic carbocycles. The van der Waals surface area contributed by atoms with Crippen LogP contribution in [0.3, 0.4) is 0 Å². The maximum absolute atomic E-state index is 14.1. The summed E-state index contributed by atoms with van der Waals surface area (Å²) in [6.45, 7) is 3.52. The van der Waals surface area contributed by atoms with Crippen molar-refractivity contribution in [2.75, 3.05) is 11.9 Å². The van der Waals surface area contributed by atoms with E-state index in [-0.39, 0.29) is 41.7 Å². The summed E-state index contributed by atoms with van der Waals surface area (Å²) in [7, 11) is 0. The van der Waals surface area contributed by atoms with Crippen molar-refractivity contribution in [2.45, 2.75) is 26.9 Å². The highest BCUT2D eigenvalue weighted by atomic mass is 79.9. The predicted molar refractivity (Wildman–Crippen MR) is 120 cm³/mol. The second-order valence-electron chi connectivity index (χ2n) is 6.17. The van der Waals surface area contributed by atoms with Gasteiger partial charge in [0, 0.05) is 17.4 Å². The van der Waals surface area contributed by atoms with Crippen LogP contribution in [0.15, 0.2) is 34.8 Å². The molecule has 5 nitrogen and oxygen atoms in total. The van der Waals surface area contributed by atoms with Crippen LogP contribution in [0.25, 0.3) is 10.1 Å². The van der Waals surface area contributed by atoms with Crippen LogP contribution in [-0.4, -0.2) is 18.5 Å². The number of carbonyl (C=O) groups is 2.